The zero-order chi connectivity index (χ0) is 17.9. The molecule has 25 heavy (non-hydrogen) atoms. The second kappa shape index (κ2) is 8.67. The van der Waals surface area contributed by atoms with E-state index in [0.717, 1.165) is 16.9 Å². The highest BCUT2D eigenvalue weighted by Gasteiger charge is 2.59. The van der Waals surface area contributed by atoms with Crippen molar-refractivity contribution in [2.45, 2.75) is 34.1 Å². The smallest absolute Gasteiger partial charge is 0.309 e. The average Bonchev–Trinajstić information content (AvgIpc) is 3.29. The lowest BCUT2D eigenvalue weighted by molar-refractivity contribution is -0.145. The Morgan fingerprint density at radius 3 is 2.60 bits per heavy atom. The van der Waals surface area contributed by atoms with E-state index < -0.39 is 10.0 Å². The molecule has 1 aromatic rings. The summed E-state index contributed by atoms with van der Waals surface area (Å²) in [7, 11) is -0.836. The summed E-state index contributed by atoms with van der Waals surface area (Å²) in [6.45, 7) is 6.88. The highest BCUT2D eigenvalue weighted by atomic mass is 32.3. The molecule has 1 aliphatic heterocycles. The standard InChI is InChI=1S/C18H22O3S.C2H6.CH4/c1-5-20-18(19)17-14-11-21-15-10-12(8-9-22(2,3)4)6-7-13(15)16(14)17;1-2;/h6-7,10,14,16-17H,5,11H2,1-4H3;1-2H3;1H4. The normalized spacial score (nSPS) is 22.9. The Labute approximate surface area is 154 Å². The molecule has 2 aliphatic rings. The number of carbonyl (C=O) groups excluding carboxylic acids is 1. The van der Waals surface area contributed by atoms with Crippen LogP contribution in [0.1, 0.15) is 45.2 Å². The SMILES string of the molecule is C.CC.CCOC(=O)C1C2COc3cc(C#CS(C)(C)C)ccc3C21. The van der Waals surface area contributed by atoms with Crippen LogP contribution in [0.2, 0.25) is 0 Å². The van der Waals surface area contributed by atoms with Crippen LogP contribution < -0.4 is 4.74 Å². The molecule has 0 amide bonds. The van der Waals surface area contributed by atoms with E-state index in [9.17, 15) is 4.79 Å². The van der Waals surface area contributed by atoms with Gasteiger partial charge in [0.05, 0.1) is 19.1 Å². The van der Waals surface area contributed by atoms with Crippen LogP contribution in [-0.2, 0) is 9.53 Å². The Hall–Kier alpha value is -1.60. The van der Waals surface area contributed by atoms with Gasteiger partial charge in [-0.1, -0.05) is 33.3 Å². The Bertz CT molecular complexity index is 664. The summed E-state index contributed by atoms with van der Waals surface area (Å²) in [4.78, 5) is 12.0. The van der Waals surface area contributed by atoms with Crippen molar-refractivity contribution in [3.8, 4) is 16.9 Å². The first-order valence-electron chi connectivity index (χ1n) is 8.55. The van der Waals surface area contributed by atoms with Gasteiger partial charge < -0.3 is 9.47 Å². The predicted molar refractivity (Wildman–Crippen MR) is 109 cm³/mol. The molecule has 0 spiro atoms. The number of benzene rings is 1. The number of rotatable bonds is 2. The maximum absolute atomic E-state index is 12.0. The fourth-order valence-corrected chi connectivity index (χ4v) is 3.40. The molecule has 3 unspecified atom stereocenters. The summed E-state index contributed by atoms with van der Waals surface area (Å²) in [6, 6.07) is 6.10. The molecule has 0 aromatic heterocycles. The molecule has 0 radical (unpaired) electrons. The minimum absolute atomic E-state index is 0. The summed E-state index contributed by atoms with van der Waals surface area (Å²) < 4.78 is 11.0. The van der Waals surface area contributed by atoms with E-state index in [0.29, 0.717) is 13.2 Å². The van der Waals surface area contributed by atoms with Gasteiger partial charge in [-0.3, -0.25) is 4.79 Å². The number of hydrogen-bond acceptors (Lipinski definition) is 3. The lowest BCUT2D eigenvalue weighted by Gasteiger charge is -2.17. The number of carbonyl (C=O) groups is 1. The molecule has 1 saturated carbocycles. The summed E-state index contributed by atoms with van der Waals surface area (Å²) in [6.07, 6.45) is 6.52. The molecule has 0 N–H and O–H groups in total. The van der Waals surface area contributed by atoms with E-state index in [2.05, 4.69) is 36.0 Å². The zero-order valence-corrected chi connectivity index (χ0v) is 16.3. The van der Waals surface area contributed by atoms with Gasteiger partial charge in [-0.15, -0.1) is 0 Å². The molecule has 0 bridgehead atoms. The number of ether oxygens (including phenoxy) is 2. The first kappa shape index (κ1) is 21.4. The summed E-state index contributed by atoms with van der Waals surface area (Å²) in [5, 5.41) is 3.31. The quantitative estimate of drug-likeness (QED) is 0.567. The highest BCUT2D eigenvalue weighted by Crippen LogP contribution is 2.59. The van der Waals surface area contributed by atoms with Crippen LogP contribution in [0.15, 0.2) is 18.2 Å². The number of fused-ring (bicyclic) bond motifs is 3. The lowest BCUT2D eigenvalue weighted by atomic mass is 10.0. The van der Waals surface area contributed by atoms with Crippen molar-refractivity contribution in [1.82, 2.24) is 0 Å². The summed E-state index contributed by atoms with van der Waals surface area (Å²) in [5.74, 6) is 4.53. The third-order valence-electron chi connectivity index (χ3n) is 4.03. The summed E-state index contributed by atoms with van der Waals surface area (Å²) >= 11 is 0. The average molecular weight is 365 g/mol. The van der Waals surface area contributed by atoms with Gasteiger partial charge in [0.15, 0.2) is 0 Å². The molecular weight excluding hydrogens is 332 g/mol. The van der Waals surface area contributed by atoms with Gasteiger partial charge in [0, 0.05) is 17.4 Å². The fraction of sp³-hybridized carbons (Fsp3) is 0.571. The highest BCUT2D eigenvalue weighted by molar-refractivity contribution is 8.35. The number of esters is 1. The van der Waals surface area contributed by atoms with Crippen LogP contribution in [0, 0.1) is 23.0 Å². The van der Waals surface area contributed by atoms with Crippen molar-refractivity contribution in [2.75, 3.05) is 32.0 Å². The maximum Gasteiger partial charge on any atom is 0.309 e. The topological polar surface area (TPSA) is 35.5 Å². The maximum atomic E-state index is 12.0. The molecule has 140 valence electrons. The third kappa shape index (κ3) is 4.95. The molecule has 1 aliphatic carbocycles. The molecule has 3 atom stereocenters. The van der Waals surface area contributed by atoms with Gasteiger partial charge in [0.25, 0.3) is 0 Å². The molecule has 1 aromatic carbocycles. The monoisotopic (exact) mass is 364 g/mol. The third-order valence-corrected chi connectivity index (χ3v) is 4.75. The summed E-state index contributed by atoms with van der Waals surface area (Å²) in [5.41, 5.74) is 2.11. The Kier molecular flexibility index (Phi) is 7.44. The van der Waals surface area contributed by atoms with E-state index in [1.165, 1.54) is 0 Å². The van der Waals surface area contributed by atoms with Gasteiger partial charge in [-0.05, 0) is 48.6 Å². The van der Waals surface area contributed by atoms with Crippen molar-refractivity contribution >= 4 is 16.0 Å². The van der Waals surface area contributed by atoms with E-state index in [1.54, 1.807) is 0 Å². The van der Waals surface area contributed by atoms with Gasteiger partial charge >= 0.3 is 5.97 Å². The van der Waals surface area contributed by atoms with E-state index in [4.69, 9.17) is 9.47 Å². The van der Waals surface area contributed by atoms with Crippen molar-refractivity contribution in [1.29, 1.82) is 0 Å². The van der Waals surface area contributed by atoms with E-state index in [-0.39, 0.29) is 31.1 Å². The predicted octanol–water partition coefficient (Wildman–Crippen LogP) is 4.64. The first-order chi connectivity index (χ1) is 11.4. The minimum Gasteiger partial charge on any atom is -0.493 e. The molecule has 4 heteroatoms. The van der Waals surface area contributed by atoms with Gasteiger partial charge in [-0.2, -0.15) is 10.0 Å². The van der Waals surface area contributed by atoms with Crippen LogP contribution in [0.4, 0.5) is 0 Å². The lowest BCUT2D eigenvalue weighted by Crippen LogP contribution is -2.10. The molecule has 3 rings (SSSR count). The van der Waals surface area contributed by atoms with Crippen molar-refractivity contribution in [2.24, 2.45) is 11.8 Å². The largest absolute Gasteiger partial charge is 0.493 e. The molecule has 1 heterocycles. The Balaban J connectivity index is 0.00000101. The van der Waals surface area contributed by atoms with Crippen LogP contribution in [0.3, 0.4) is 0 Å². The Morgan fingerprint density at radius 1 is 1.32 bits per heavy atom. The minimum atomic E-state index is -0.836. The molecule has 0 saturated heterocycles. The van der Waals surface area contributed by atoms with Gasteiger partial charge in [0.2, 0.25) is 0 Å². The molecular formula is C21H32O3S. The Morgan fingerprint density at radius 2 is 2.00 bits per heavy atom. The van der Waals surface area contributed by atoms with E-state index >= 15 is 0 Å². The van der Waals surface area contributed by atoms with E-state index in [1.807, 2.05) is 32.9 Å². The van der Waals surface area contributed by atoms with Crippen LogP contribution in [0.25, 0.3) is 0 Å². The van der Waals surface area contributed by atoms with Crippen molar-refractivity contribution in [3.63, 3.8) is 0 Å². The first-order valence-corrected chi connectivity index (χ1v) is 11.4. The van der Waals surface area contributed by atoms with Gasteiger partial charge in [-0.25, -0.2) is 0 Å². The fourth-order valence-electron chi connectivity index (χ4n) is 2.98. The second-order valence-corrected chi connectivity index (χ2v) is 10.5. The van der Waals surface area contributed by atoms with Crippen molar-refractivity contribution < 1.29 is 14.3 Å². The molecule has 1 fully saturated rings. The van der Waals surface area contributed by atoms with Crippen LogP contribution >= 0.6 is 10.0 Å². The van der Waals surface area contributed by atoms with Crippen LogP contribution in [-0.4, -0.2) is 38.0 Å². The molecule has 3 nitrogen and oxygen atoms in total. The zero-order valence-electron chi connectivity index (χ0n) is 15.5. The number of hydrogen-bond donors (Lipinski definition) is 0. The van der Waals surface area contributed by atoms with Crippen molar-refractivity contribution in [3.05, 3.63) is 29.3 Å². The second-order valence-electron chi connectivity index (χ2n) is 6.60. The van der Waals surface area contributed by atoms with Gasteiger partial charge in [0.1, 0.15) is 5.75 Å². The van der Waals surface area contributed by atoms with Crippen LogP contribution in [0.5, 0.6) is 5.75 Å².